The Labute approximate surface area is 120 Å². The third kappa shape index (κ3) is 3.22. The summed E-state index contributed by atoms with van der Waals surface area (Å²) in [5.41, 5.74) is 0.223. The number of halogens is 1. The molecule has 0 unspecified atom stereocenters. The first-order valence-electron chi connectivity index (χ1n) is 5.45. The highest BCUT2D eigenvalue weighted by Crippen LogP contribution is 2.37. The van der Waals surface area contributed by atoms with Crippen LogP contribution in [-0.4, -0.2) is 18.2 Å². The van der Waals surface area contributed by atoms with E-state index in [4.69, 9.17) is 16.3 Å². The van der Waals surface area contributed by atoms with Gasteiger partial charge in [-0.3, -0.25) is 0 Å². The van der Waals surface area contributed by atoms with Crippen LogP contribution in [0.1, 0.15) is 10.4 Å². The molecular weight excluding hydrogens is 284 g/mol. The number of carboxylic acid groups (broad SMARTS) is 1. The number of carboxylic acids is 1. The van der Waals surface area contributed by atoms with Crippen molar-refractivity contribution in [2.24, 2.45) is 0 Å². The van der Waals surface area contributed by atoms with Crippen molar-refractivity contribution in [3.8, 4) is 5.75 Å². The van der Waals surface area contributed by atoms with Crippen LogP contribution in [0.25, 0.3) is 0 Å². The van der Waals surface area contributed by atoms with Crippen molar-refractivity contribution >= 4 is 29.3 Å². The summed E-state index contributed by atoms with van der Waals surface area (Å²) < 4.78 is 5.25. The molecule has 5 heteroatoms. The summed E-state index contributed by atoms with van der Waals surface area (Å²) in [7, 11) is 1.58. The van der Waals surface area contributed by atoms with Crippen LogP contribution in [0.5, 0.6) is 5.75 Å². The SMILES string of the molecule is COc1ccccc1Sc1cc(Cl)ccc1C(=O)O. The van der Waals surface area contributed by atoms with E-state index in [9.17, 15) is 9.90 Å². The molecule has 1 N–H and O–H groups in total. The highest BCUT2D eigenvalue weighted by Gasteiger charge is 2.13. The molecule has 0 fully saturated rings. The molecule has 2 aromatic rings. The van der Waals surface area contributed by atoms with Gasteiger partial charge in [-0.25, -0.2) is 4.79 Å². The fourth-order valence-corrected chi connectivity index (χ4v) is 2.90. The van der Waals surface area contributed by atoms with Crippen molar-refractivity contribution in [3.63, 3.8) is 0 Å². The number of aromatic carboxylic acids is 1. The van der Waals surface area contributed by atoms with Crippen LogP contribution in [0.2, 0.25) is 5.02 Å². The van der Waals surface area contributed by atoms with E-state index in [1.54, 1.807) is 19.2 Å². The Bertz CT molecular complexity index is 613. The third-order valence-corrected chi connectivity index (χ3v) is 3.81. The Balaban J connectivity index is 2.42. The molecule has 98 valence electrons. The molecule has 0 radical (unpaired) electrons. The lowest BCUT2D eigenvalue weighted by Crippen LogP contribution is -1.98. The van der Waals surface area contributed by atoms with Gasteiger partial charge >= 0.3 is 5.97 Å². The van der Waals surface area contributed by atoms with E-state index in [0.29, 0.717) is 15.7 Å². The highest BCUT2D eigenvalue weighted by atomic mass is 35.5. The summed E-state index contributed by atoms with van der Waals surface area (Å²) >= 11 is 7.24. The minimum atomic E-state index is -0.978. The number of para-hydroxylation sites is 1. The molecule has 0 saturated heterocycles. The zero-order valence-corrected chi connectivity index (χ0v) is 11.7. The molecule has 0 aliphatic carbocycles. The molecule has 0 aliphatic heterocycles. The van der Waals surface area contributed by atoms with Gasteiger partial charge in [0.15, 0.2) is 0 Å². The highest BCUT2D eigenvalue weighted by molar-refractivity contribution is 7.99. The summed E-state index contributed by atoms with van der Waals surface area (Å²) in [5, 5.41) is 9.68. The molecule has 2 aromatic carbocycles. The largest absolute Gasteiger partial charge is 0.496 e. The molecule has 0 amide bonds. The van der Waals surface area contributed by atoms with Gasteiger partial charge in [-0.1, -0.05) is 35.5 Å². The minimum Gasteiger partial charge on any atom is -0.496 e. The molecule has 0 bridgehead atoms. The van der Waals surface area contributed by atoms with E-state index >= 15 is 0 Å². The second kappa shape index (κ2) is 5.99. The van der Waals surface area contributed by atoms with Crippen molar-refractivity contribution in [2.75, 3.05) is 7.11 Å². The van der Waals surface area contributed by atoms with Crippen LogP contribution in [0.3, 0.4) is 0 Å². The number of hydrogen-bond donors (Lipinski definition) is 1. The van der Waals surface area contributed by atoms with Crippen molar-refractivity contribution in [2.45, 2.75) is 9.79 Å². The molecule has 0 aromatic heterocycles. The number of hydrogen-bond acceptors (Lipinski definition) is 3. The van der Waals surface area contributed by atoms with Gasteiger partial charge in [-0.05, 0) is 30.3 Å². The number of rotatable bonds is 4. The first kappa shape index (κ1) is 13.8. The average molecular weight is 295 g/mol. The van der Waals surface area contributed by atoms with Crippen molar-refractivity contribution in [1.29, 1.82) is 0 Å². The first-order valence-corrected chi connectivity index (χ1v) is 6.65. The maximum atomic E-state index is 11.2. The molecule has 19 heavy (non-hydrogen) atoms. The fourth-order valence-electron chi connectivity index (χ4n) is 1.58. The van der Waals surface area contributed by atoms with Gasteiger partial charge in [0.1, 0.15) is 5.75 Å². The van der Waals surface area contributed by atoms with Gasteiger partial charge in [0, 0.05) is 9.92 Å². The number of ether oxygens (including phenoxy) is 1. The van der Waals surface area contributed by atoms with Crippen LogP contribution < -0.4 is 4.74 Å². The summed E-state index contributed by atoms with van der Waals surface area (Å²) in [5.74, 6) is -0.280. The molecule has 0 spiro atoms. The Morgan fingerprint density at radius 3 is 2.63 bits per heavy atom. The molecule has 3 nitrogen and oxygen atoms in total. The van der Waals surface area contributed by atoms with E-state index in [0.717, 1.165) is 4.90 Å². The Hall–Kier alpha value is -1.65. The smallest absolute Gasteiger partial charge is 0.336 e. The van der Waals surface area contributed by atoms with E-state index in [2.05, 4.69) is 0 Å². The van der Waals surface area contributed by atoms with Crippen LogP contribution in [-0.2, 0) is 0 Å². The van der Waals surface area contributed by atoms with Crippen LogP contribution in [0.4, 0.5) is 0 Å². The van der Waals surface area contributed by atoms with Crippen LogP contribution >= 0.6 is 23.4 Å². The lowest BCUT2D eigenvalue weighted by molar-refractivity contribution is 0.0693. The predicted molar refractivity (Wildman–Crippen MR) is 75.5 cm³/mol. The van der Waals surface area contributed by atoms with Crippen molar-refractivity contribution in [3.05, 3.63) is 53.1 Å². The molecule has 0 heterocycles. The maximum Gasteiger partial charge on any atom is 0.336 e. The van der Waals surface area contributed by atoms with Gasteiger partial charge in [-0.2, -0.15) is 0 Å². The van der Waals surface area contributed by atoms with Gasteiger partial charge in [0.25, 0.3) is 0 Å². The predicted octanol–water partition coefficient (Wildman–Crippen LogP) is 4.20. The summed E-state index contributed by atoms with van der Waals surface area (Å²) in [6.45, 7) is 0. The lowest BCUT2D eigenvalue weighted by Gasteiger charge is -2.09. The van der Waals surface area contributed by atoms with Gasteiger partial charge < -0.3 is 9.84 Å². The zero-order valence-electron chi connectivity index (χ0n) is 10.1. The number of benzene rings is 2. The molecule has 0 saturated carbocycles. The maximum absolute atomic E-state index is 11.2. The summed E-state index contributed by atoms with van der Waals surface area (Å²) in [6, 6.07) is 12.1. The average Bonchev–Trinajstić information content (AvgIpc) is 2.39. The zero-order chi connectivity index (χ0) is 13.8. The van der Waals surface area contributed by atoms with Crippen molar-refractivity contribution < 1.29 is 14.6 Å². The normalized spacial score (nSPS) is 10.2. The second-order valence-electron chi connectivity index (χ2n) is 3.70. The summed E-state index contributed by atoms with van der Waals surface area (Å²) in [6.07, 6.45) is 0. The third-order valence-electron chi connectivity index (χ3n) is 2.46. The van der Waals surface area contributed by atoms with E-state index in [1.165, 1.54) is 17.8 Å². The number of methoxy groups -OCH3 is 1. The Morgan fingerprint density at radius 1 is 1.21 bits per heavy atom. The topological polar surface area (TPSA) is 46.5 Å². The monoisotopic (exact) mass is 294 g/mol. The van der Waals surface area contributed by atoms with Crippen molar-refractivity contribution in [1.82, 2.24) is 0 Å². The molecular formula is C14H11ClO3S. The van der Waals surface area contributed by atoms with Gasteiger partial charge in [0.2, 0.25) is 0 Å². The quantitative estimate of drug-likeness (QED) is 0.918. The van der Waals surface area contributed by atoms with Crippen LogP contribution in [0, 0.1) is 0 Å². The Morgan fingerprint density at radius 2 is 1.95 bits per heavy atom. The molecule has 0 atom stereocenters. The van der Waals surface area contributed by atoms with Gasteiger partial charge in [0.05, 0.1) is 17.6 Å². The summed E-state index contributed by atoms with van der Waals surface area (Å²) in [4.78, 5) is 12.6. The molecule has 2 rings (SSSR count). The fraction of sp³-hybridized carbons (Fsp3) is 0.0714. The molecule has 0 aliphatic rings. The Kier molecular flexibility index (Phi) is 4.35. The van der Waals surface area contributed by atoms with Crippen LogP contribution in [0.15, 0.2) is 52.3 Å². The van der Waals surface area contributed by atoms with E-state index in [-0.39, 0.29) is 5.56 Å². The standard InChI is InChI=1S/C14H11ClO3S/c1-18-11-4-2-3-5-12(11)19-13-8-9(15)6-7-10(13)14(16)17/h2-8H,1H3,(H,16,17). The minimum absolute atomic E-state index is 0.223. The number of carbonyl (C=O) groups is 1. The lowest BCUT2D eigenvalue weighted by atomic mass is 10.2. The first-order chi connectivity index (χ1) is 9.11. The van der Waals surface area contributed by atoms with Gasteiger partial charge in [-0.15, -0.1) is 0 Å². The van der Waals surface area contributed by atoms with E-state index in [1.807, 2.05) is 24.3 Å². The second-order valence-corrected chi connectivity index (χ2v) is 5.22. The van der Waals surface area contributed by atoms with E-state index < -0.39 is 5.97 Å².